The van der Waals surface area contributed by atoms with Gasteiger partial charge in [-0.1, -0.05) is 24.3 Å². The van der Waals surface area contributed by atoms with E-state index in [1.165, 1.54) is 0 Å². The Kier molecular flexibility index (Phi) is 4.38. The molecule has 0 unspecified atom stereocenters. The van der Waals surface area contributed by atoms with Crippen LogP contribution in [0.3, 0.4) is 0 Å². The third-order valence-electron chi connectivity index (χ3n) is 2.08. The molecule has 4 nitrogen and oxygen atoms in total. The minimum absolute atomic E-state index is 0.438. The van der Waals surface area contributed by atoms with Crippen molar-refractivity contribution < 1.29 is 0 Å². The Morgan fingerprint density at radius 2 is 1.89 bits per heavy atom. The molecule has 2 aromatic rings. The fourth-order valence-electron chi connectivity index (χ4n) is 1.29. The quantitative estimate of drug-likeness (QED) is 0.503. The predicted molar refractivity (Wildman–Crippen MR) is 77.6 cm³/mol. The van der Waals surface area contributed by atoms with E-state index in [4.69, 9.17) is 12.2 Å². The molecule has 1 aromatic carbocycles. The third kappa shape index (κ3) is 3.95. The van der Waals surface area contributed by atoms with E-state index in [9.17, 15) is 0 Å². The van der Waals surface area contributed by atoms with E-state index in [2.05, 4.69) is 20.8 Å². The number of hydrazone groups is 1. The van der Waals surface area contributed by atoms with Gasteiger partial charge in [0.1, 0.15) is 0 Å². The first-order valence-corrected chi connectivity index (χ1v) is 5.81. The van der Waals surface area contributed by atoms with Crippen LogP contribution in [0.25, 0.3) is 0 Å². The summed E-state index contributed by atoms with van der Waals surface area (Å²) in [7, 11) is 0. The third-order valence-corrected chi connectivity index (χ3v) is 2.28. The van der Waals surface area contributed by atoms with Gasteiger partial charge >= 0.3 is 0 Å². The van der Waals surface area contributed by atoms with Gasteiger partial charge in [0, 0.05) is 11.9 Å². The lowest BCUT2D eigenvalue weighted by Gasteiger charge is -2.05. The molecule has 0 radical (unpaired) electrons. The highest BCUT2D eigenvalue weighted by Crippen LogP contribution is 2.04. The molecule has 18 heavy (non-hydrogen) atoms. The fourth-order valence-corrected chi connectivity index (χ4v) is 1.46. The molecule has 0 saturated carbocycles. The van der Waals surface area contributed by atoms with Crippen LogP contribution >= 0.6 is 12.2 Å². The normalized spacial score (nSPS) is 10.2. The maximum atomic E-state index is 5.10. The number of hydrogen-bond acceptors (Lipinski definition) is 3. The summed E-state index contributed by atoms with van der Waals surface area (Å²) in [6, 6.07) is 15.3. The van der Waals surface area contributed by atoms with Crippen LogP contribution < -0.4 is 10.7 Å². The Morgan fingerprint density at radius 3 is 2.61 bits per heavy atom. The standard InChI is InChI=1S/C13H12N4S/c18-13(16-11-6-2-1-3-7-11)17-15-10-12-8-4-5-9-14-12/h1-10H,(H2,16,17,18)/b15-10+. The lowest BCUT2D eigenvalue weighted by Crippen LogP contribution is -2.23. The number of anilines is 1. The van der Waals surface area contributed by atoms with Crippen molar-refractivity contribution in [3.63, 3.8) is 0 Å². The minimum atomic E-state index is 0.438. The first-order valence-electron chi connectivity index (χ1n) is 5.41. The first kappa shape index (κ1) is 12.2. The van der Waals surface area contributed by atoms with Crippen LogP contribution in [0.15, 0.2) is 59.8 Å². The van der Waals surface area contributed by atoms with Gasteiger partial charge in [0.2, 0.25) is 0 Å². The van der Waals surface area contributed by atoms with Crippen LogP contribution in [0.1, 0.15) is 5.69 Å². The number of thiocarbonyl (C=S) groups is 1. The molecule has 0 fully saturated rings. The van der Waals surface area contributed by atoms with Crippen molar-refractivity contribution in [3.8, 4) is 0 Å². The number of benzene rings is 1. The van der Waals surface area contributed by atoms with E-state index in [0.717, 1.165) is 11.4 Å². The maximum Gasteiger partial charge on any atom is 0.191 e. The van der Waals surface area contributed by atoms with Crippen molar-refractivity contribution in [3.05, 3.63) is 60.4 Å². The summed E-state index contributed by atoms with van der Waals surface area (Å²) in [5.41, 5.74) is 4.42. The molecule has 0 aliphatic carbocycles. The largest absolute Gasteiger partial charge is 0.331 e. The second-order valence-electron chi connectivity index (χ2n) is 3.44. The number of hydrogen-bond donors (Lipinski definition) is 2. The number of rotatable bonds is 3. The average molecular weight is 256 g/mol. The molecule has 0 aliphatic rings. The second kappa shape index (κ2) is 6.46. The molecule has 1 heterocycles. The van der Waals surface area contributed by atoms with Crippen LogP contribution in [0.5, 0.6) is 0 Å². The number of nitrogens with zero attached hydrogens (tertiary/aromatic N) is 2. The predicted octanol–water partition coefficient (Wildman–Crippen LogP) is 2.40. The zero-order valence-corrected chi connectivity index (χ0v) is 10.4. The monoisotopic (exact) mass is 256 g/mol. The van der Waals surface area contributed by atoms with Gasteiger partial charge in [0.15, 0.2) is 5.11 Å². The van der Waals surface area contributed by atoms with Crippen LogP contribution in [0.4, 0.5) is 5.69 Å². The van der Waals surface area contributed by atoms with Crippen molar-refractivity contribution in [1.29, 1.82) is 0 Å². The number of pyridine rings is 1. The van der Waals surface area contributed by atoms with E-state index >= 15 is 0 Å². The van der Waals surface area contributed by atoms with E-state index in [1.807, 2.05) is 48.5 Å². The van der Waals surface area contributed by atoms with Crippen molar-refractivity contribution in [2.75, 3.05) is 5.32 Å². The minimum Gasteiger partial charge on any atom is -0.331 e. The molecule has 0 amide bonds. The SMILES string of the molecule is S=C(N/N=C/c1ccccn1)Nc1ccccc1. The summed E-state index contributed by atoms with van der Waals surface area (Å²) in [6.45, 7) is 0. The Bertz CT molecular complexity index is 525. The Morgan fingerprint density at radius 1 is 1.11 bits per heavy atom. The van der Waals surface area contributed by atoms with E-state index in [-0.39, 0.29) is 0 Å². The van der Waals surface area contributed by atoms with Gasteiger partial charge < -0.3 is 5.32 Å². The van der Waals surface area contributed by atoms with Crippen molar-refractivity contribution in [1.82, 2.24) is 10.4 Å². The Hall–Kier alpha value is -2.27. The highest BCUT2D eigenvalue weighted by molar-refractivity contribution is 7.80. The van der Waals surface area contributed by atoms with Gasteiger partial charge in [0.05, 0.1) is 11.9 Å². The Balaban J connectivity index is 1.84. The summed E-state index contributed by atoms with van der Waals surface area (Å²) >= 11 is 5.10. The van der Waals surface area contributed by atoms with E-state index in [1.54, 1.807) is 12.4 Å². The fraction of sp³-hybridized carbons (Fsp3) is 0. The molecular formula is C13H12N4S. The number of nitrogens with one attached hydrogen (secondary N) is 2. The summed E-state index contributed by atoms with van der Waals surface area (Å²) in [5.74, 6) is 0. The van der Waals surface area contributed by atoms with Gasteiger partial charge in [-0.2, -0.15) is 5.10 Å². The van der Waals surface area contributed by atoms with E-state index in [0.29, 0.717) is 5.11 Å². The first-order chi connectivity index (χ1) is 8.84. The van der Waals surface area contributed by atoms with Crippen molar-refractivity contribution >= 4 is 29.2 Å². The lowest BCUT2D eigenvalue weighted by molar-refractivity contribution is 1.05. The van der Waals surface area contributed by atoms with Gasteiger partial charge in [-0.25, -0.2) is 0 Å². The van der Waals surface area contributed by atoms with Crippen LogP contribution in [-0.4, -0.2) is 16.3 Å². The molecule has 0 aliphatic heterocycles. The summed E-state index contributed by atoms with van der Waals surface area (Å²) < 4.78 is 0. The molecule has 0 bridgehead atoms. The molecule has 0 saturated heterocycles. The molecule has 2 N–H and O–H groups in total. The van der Waals surface area contributed by atoms with Gasteiger partial charge in [-0.3, -0.25) is 10.4 Å². The number of aromatic nitrogens is 1. The molecule has 0 spiro atoms. The number of para-hydroxylation sites is 1. The molecule has 0 atom stereocenters. The zero-order valence-electron chi connectivity index (χ0n) is 9.58. The summed E-state index contributed by atoms with van der Waals surface area (Å²) in [6.07, 6.45) is 3.32. The topological polar surface area (TPSA) is 49.3 Å². The molecule has 5 heteroatoms. The van der Waals surface area contributed by atoms with Crippen LogP contribution in [0.2, 0.25) is 0 Å². The van der Waals surface area contributed by atoms with Gasteiger partial charge in [-0.05, 0) is 36.5 Å². The van der Waals surface area contributed by atoms with Crippen molar-refractivity contribution in [2.45, 2.75) is 0 Å². The van der Waals surface area contributed by atoms with Crippen LogP contribution in [0, 0.1) is 0 Å². The second-order valence-corrected chi connectivity index (χ2v) is 3.85. The summed E-state index contributed by atoms with van der Waals surface area (Å²) in [4.78, 5) is 4.11. The van der Waals surface area contributed by atoms with Gasteiger partial charge in [-0.15, -0.1) is 0 Å². The zero-order chi connectivity index (χ0) is 12.6. The maximum absolute atomic E-state index is 5.10. The molecular weight excluding hydrogens is 244 g/mol. The lowest BCUT2D eigenvalue weighted by atomic mass is 10.3. The van der Waals surface area contributed by atoms with E-state index < -0.39 is 0 Å². The smallest absolute Gasteiger partial charge is 0.191 e. The highest BCUT2D eigenvalue weighted by Gasteiger charge is 1.93. The summed E-state index contributed by atoms with van der Waals surface area (Å²) in [5, 5.41) is 7.45. The average Bonchev–Trinajstić information content (AvgIpc) is 2.41. The molecule has 90 valence electrons. The van der Waals surface area contributed by atoms with Crippen LogP contribution in [-0.2, 0) is 0 Å². The Labute approximate surface area is 111 Å². The molecule has 2 rings (SSSR count). The van der Waals surface area contributed by atoms with Crippen molar-refractivity contribution in [2.24, 2.45) is 5.10 Å². The molecule has 1 aromatic heterocycles. The highest BCUT2D eigenvalue weighted by atomic mass is 32.1. The van der Waals surface area contributed by atoms with Gasteiger partial charge in [0.25, 0.3) is 0 Å².